The van der Waals surface area contributed by atoms with E-state index in [0.29, 0.717) is 16.5 Å². The first-order chi connectivity index (χ1) is 17.0. The van der Waals surface area contributed by atoms with Crippen LogP contribution in [0, 0.1) is 0 Å². The van der Waals surface area contributed by atoms with Crippen LogP contribution in [0.15, 0.2) is 42.6 Å². The maximum atomic E-state index is 12.2. The van der Waals surface area contributed by atoms with Gasteiger partial charge in [0.2, 0.25) is 0 Å². The molecular formula is C26H36ClN5O3. The number of likely N-dealkylation sites (tertiary alicyclic amines) is 1. The van der Waals surface area contributed by atoms with Crippen LogP contribution >= 0.6 is 11.6 Å². The third kappa shape index (κ3) is 8.35. The molecule has 4 rings (SSSR count). The fourth-order valence-electron chi connectivity index (χ4n) is 4.70. The van der Waals surface area contributed by atoms with E-state index in [1.165, 1.54) is 19.3 Å². The molecule has 0 radical (unpaired) electrons. The smallest absolute Gasteiger partial charge is 0.262 e. The Labute approximate surface area is 212 Å². The van der Waals surface area contributed by atoms with E-state index in [2.05, 4.69) is 25.0 Å². The number of aromatic nitrogens is 1. The van der Waals surface area contributed by atoms with E-state index in [1.54, 1.807) is 30.5 Å². The lowest BCUT2D eigenvalue weighted by molar-refractivity contribution is -0.118. The number of hydrogen-bond donors (Lipinski definition) is 2. The Balaban J connectivity index is 1.20. The van der Waals surface area contributed by atoms with Gasteiger partial charge in [-0.1, -0.05) is 18.0 Å². The number of aliphatic hydroxyl groups excluding tert-OH is 1. The minimum atomic E-state index is -0.302. The van der Waals surface area contributed by atoms with Crippen LogP contribution in [0.25, 0.3) is 0 Å². The van der Waals surface area contributed by atoms with Gasteiger partial charge in [-0.2, -0.15) is 0 Å². The number of ether oxygens (including phenoxy) is 1. The van der Waals surface area contributed by atoms with Crippen LogP contribution in [-0.2, 0) is 4.79 Å². The summed E-state index contributed by atoms with van der Waals surface area (Å²) in [6.07, 6.45) is 6.22. The Kier molecular flexibility index (Phi) is 9.59. The minimum Gasteiger partial charge on any atom is -0.484 e. The van der Waals surface area contributed by atoms with E-state index >= 15 is 0 Å². The summed E-state index contributed by atoms with van der Waals surface area (Å²) in [4.78, 5) is 23.8. The van der Waals surface area contributed by atoms with Crippen LogP contribution in [0.5, 0.6) is 5.75 Å². The first-order valence-electron chi connectivity index (χ1n) is 12.6. The predicted octanol–water partition coefficient (Wildman–Crippen LogP) is 3.11. The minimum absolute atomic E-state index is 0.0883. The van der Waals surface area contributed by atoms with Gasteiger partial charge in [-0.05, 0) is 75.3 Å². The van der Waals surface area contributed by atoms with Gasteiger partial charge in [0.05, 0.1) is 18.0 Å². The highest BCUT2D eigenvalue weighted by atomic mass is 35.5. The Hall–Kier alpha value is -2.39. The zero-order valence-corrected chi connectivity index (χ0v) is 21.0. The quantitative estimate of drug-likeness (QED) is 0.546. The van der Waals surface area contributed by atoms with Crippen molar-refractivity contribution in [1.82, 2.24) is 14.8 Å². The molecule has 0 saturated carbocycles. The van der Waals surface area contributed by atoms with E-state index in [1.807, 2.05) is 12.1 Å². The molecule has 2 N–H and O–H groups in total. The predicted molar refractivity (Wildman–Crippen MR) is 139 cm³/mol. The lowest BCUT2D eigenvalue weighted by atomic mass is 10.1. The number of amides is 1. The Morgan fingerprint density at radius 1 is 0.943 bits per heavy atom. The van der Waals surface area contributed by atoms with E-state index in [-0.39, 0.29) is 18.6 Å². The number of benzene rings is 1. The van der Waals surface area contributed by atoms with Crippen molar-refractivity contribution in [2.24, 2.45) is 0 Å². The summed E-state index contributed by atoms with van der Waals surface area (Å²) in [5, 5.41) is 14.0. The van der Waals surface area contributed by atoms with Crippen LogP contribution in [0.3, 0.4) is 0 Å². The molecule has 190 valence electrons. The monoisotopic (exact) mass is 501 g/mol. The van der Waals surface area contributed by atoms with Crippen LogP contribution < -0.4 is 15.0 Å². The second-order valence-electron chi connectivity index (χ2n) is 9.35. The van der Waals surface area contributed by atoms with Crippen molar-refractivity contribution in [3.63, 3.8) is 0 Å². The Morgan fingerprint density at radius 3 is 2.37 bits per heavy atom. The van der Waals surface area contributed by atoms with Crippen molar-refractivity contribution in [1.29, 1.82) is 0 Å². The third-order valence-corrected chi connectivity index (χ3v) is 6.77. The molecule has 0 aliphatic carbocycles. The number of hydrogen-bond acceptors (Lipinski definition) is 7. The molecule has 2 aliphatic rings. The van der Waals surface area contributed by atoms with Crippen molar-refractivity contribution in [3.8, 4) is 5.75 Å². The van der Waals surface area contributed by atoms with E-state index < -0.39 is 0 Å². The van der Waals surface area contributed by atoms with Gasteiger partial charge < -0.3 is 25.0 Å². The number of β-amino-alcohol motifs (C(OH)–C–C–N with tert-alkyl or cyclic N) is 1. The lowest BCUT2D eigenvalue weighted by Gasteiger charge is -2.30. The number of carbonyl (C=O) groups is 1. The van der Waals surface area contributed by atoms with Crippen molar-refractivity contribution in [3.05, 3.63) is 47.6 Å². The first kappa shape index (κ1) is 25.7. The molecule has 2 aromatic rings. The fourth-order valence-corrected chi connectivity index (χ4v) is 4.83. The zero-order valence-electron chi connectivity index (χ0n) is 20.2. The van der Waals surface area contributed by atoms with Crippen LogP contribution in [-0.4, -0.2) is 90.9 Å². The highest BCUT2D eigenvalue weighted by Gasteiger charge is 2.20. The lowest BCUT2D eigenvalue weighted by Crippen LogP contribution is -2.43. The van der Waals surface area contributed by atoms with E-state index in [0.717, 1.165) is 64.6 Å². The average molecular weight is 502 g/mol. The second kappa shape index (κ2) is 13.1. The summed E-state index contributed by atoms with van der Waals surface area (Å²) in [5.74, 6) is 1.24. The molecule has 1 unspecified atom stereocenters. The van der Waals surface area contributed by atoms with Gasteiger partial charge in [0.1, 0.15) is 11.6 Å². The average Bonchev–Trinajstić information content (AvgIpc) is 3.10. The van der Waals surface area contributed by atoms with Gasteiger partial charge in [0.15, 0.2) is 6.61 Å². The zero-order chi connectivity index (χ0) is 24.5. The van der Waals surface area contributed by atoms with Crippen molar-refractivity contribution >= 4 is 29.0 Å². The van der Waals surface area contributed by atoms with Crippen LogP contribution in [0.1, 0.15) is 25.7 Å². The first-order valence-corrected chi connectivity index (χ1v) is 12.9. The highest BCUT2D eigenvalue weighted by molar-refractivity contribution is 6.30. The molecule has 35 heavy (non-hydrogen) atoms. The van der Waals surface area contributed by atoms with Gasteiger partial charge in [-0.25, -0.2) is 4.98 Å². The Morgan fingerprint density at radius 2 is 1.66 bits per heavy atom. The molecule has 0 spiro atoms. The van der Waals surface area contributed by atoms with Gasteiger partial charge in [-0.3, -0.25) is 9.69 Å². The summed E-state index contributed by atoms with van der Waals surface area (Å²) in [7, 11) is 0. The Bertz CT molecular complexity index is 922. The number of rotatable bonds is 9. The van der Waals surface area contributed by atoms with Crippen molar-refractivity contribution in [2.75, 3.05) is 69.2 Å². The number of nitrogens with one attached hydrogen (secondary N) is 1. The SMILES string of the molecule is O=C(COc1ccc(Cl)cc1)Nc1ccc(N2CCCN(CC(O)CN3CCCCC3)CC2)nc1. The number of pyridine rings is 1. The number of anilines is 2. The number of nitrogens with zero attached hydrogens (tertiary/aromatic N) is 4. The molecule has 1 aromatic heterocycles. The maximum absolute atomic E-state index is 12.2. The molecule has 0 bridgehead atoms. The van der Waals surface area contributed by atoms with Crippen LogP contribution in [0.2, 0.25) is 5.02 Å². The number of carbonyl (C=O) groups excluding carboxylic acids is 1. The van der Waals surface area contributed by atoms with E-state index in [9.17, 15) is 9.90 Å². The van der Waals surface area contributed by atoms with Crippen LogP contribution in [0.4, 0.5) is 11.5 Å². The second-order valence-corrected chi connectivity index (χ2v) is 9.79. The fraction of sp³-hybridized carbons (Fsp3) is 0.538. The summed E-state index contributed by atoms with van der Waals surface area (Å²) >= 11 is 5.86. The van der Waals surface area contributed by atoms with Gasteiger partial charge in [0, 0.05) is 37.7 Å². The van der Waals surface area contributed by atoms with Crippen molar-refractivity contribution in [2.45, 2.75) is 31.8 Å². The molecule has 1 aromatic carbocycles. The summed E-state index contributed by atoms with van der Waals surface area (Å²) in [6, 6.07) is 10.7. The normalized spacial score (nSPS) is 18.6. The molecule has 2 aliphatic heterocycles. The molecule has 9 heteroatoms. The summed E-state index contributed by atoms with van der Waals surface area (Å²) < 4.78 is 5.48. The van der Waals surface area contributed by atoms with Gasteiger partial charge in [0.25, 0.3) is 5.91 Å². The largest absolute Gasteiger partial charge is 0.484 e. The molecule has 1 atom stereocenters. The van der Waals surface area contributed by atoms with Gasteiger partial charge in [-0.15, -0.1) is 0 Å². The molecular weight excluding hydrogens is 466 g/mol. The molecule has 1 amide bonds. The number of piperidine rings is 1. The maximum Gasteiger partial charge on any atom is 0.262 e. The summed E-state index contributed by atoms with van der Waals surface area (Å²) in [6.45, 7) is 7.31. The summed E-state index contributed by atoms with van der Waals surface area (Å²) in [5.41, 5.74) is 0.635. The molecule has 8 nitrogen and oxygen atoms in total. The molecule has 2 saturated heterocycles. The molecule has 2 fully saturated rings. The highest BCUT2D eigenvalue weighted by Crippen LogP contribution is 2.18. The number of halogens is 1. The standard InChI is InChI=1S/C26H36ClN5O3/c27-21-5-8-24(9-6-21)35-20-26(34)29-22-7-10-25(28-17-22)32-14-4-13-31(15-16-32)19-23(33)18-30-11-2-1-3-12-30/h5-10,17,23,33H,1-4,11-16,18-20H2,(H,29,34). The third-order valence-electron chi connectivity index (χ3n) is 6.51. The topological polar surface area (TPSA) is 81.2 Å². The van der Waals surface area contributed by atoms with E-state index in [4.69, 9.17) is 16.3 Å². The molecule has 3 heterocycles. The van der Waals surface area contributed by atoms with Gasteiger partial charge >= 0.3 is 0 Å². The van der Waals surface area contributed by atoms with Crippen molar-refractivity contribution < 1.29 is 14.6 Å². The number of aliphatic hydroxyl groups is 1.